The van der Waals surface area contributed by atoms with Gasteiger partial charge in [0.2, 0.25) is 0 Å². The Morgan fingerprint density at radius 3 is 0.975 bits per heavy atom. The molecule has 2 unspecified atom stereocenters. The summed E-state index contributed by atoms with van der Waals surface area (Å²) in [6.45, 7) is 0. The molecule has 190 valence electrons. The molecule has 0 N–H and O–H groups in total. The van der Waals surface area contributed by atoms with E-state index in [1.54, 1.807) is 0 Å². The highest BCUT2D eigenvalue weighted by molar-refractivity contribution is 8.05. The van der Waals surface area contributed by atoms with Crippen LogP contribution in [-0.4, -0.2) is 0 Å². The third-order valence-corrected chi connectivity index (χ3v) is 11.0. The molecular weight excluding hydrogens is 521 g/mol. The van der Waals surface area contributed by atoms with E-state index < -0.39 is 0 Å². The van der Waals surface area contributed by atoms with Gasteiger partial charge in [-0.3, -0.25) is 0 Å². The molecule has 0 bridgehead atoms. The van der Waals surface area contributed by atoms with Crippen molar-refractivity contribution in [1.82, 2.24) is 0 Å². The fraction of sp³-hybridized carbons (Fsp3) is 0.0526. The molecule has 0 nitrogen and oxygen atoms in total. The molecular formula is C38H26S2. The first-order valence-electron chi connectivity index (χ1n) is 13.7. The van der Waals surface area contributed by atoms with E-state index in [2.05, 4.69) is 146 Å². The first-order valence-corrected chi connectivity index (χ1v) is 15.5. The van der Waals surface area contributed by atoms with Gasteiger partial charge in [-0.05, 0) is 67.8 Å². The van der Waals surface area contributed by atoms with Crippen molar-refractivity contribution in [3.05, 3.63) is 157 Å². The van der Waals surface area contributed by atoms with Gasteiger partial charge in [0.1, 0.15) is 0 Å². The summed E-state index contributed by atoms with van der Waals surface area (Å²) in [7, 11) is 0. The number of hydrogen-bond donors (Lipinski definition) is 0. The van der Waals surface area contributed by atoms with Gasteiger partial charge in [-0.25, -0.2) is 0 Å². The van der Waals surface area contributed by atoms with Crippen molar-refractivity contribution in [2.45, 2.75) is 20.3 Å². The van der Waals surface area contributed by atoms with Crippen LogP contribution in [0.5, 0.6) is 0 Å². The van der Waals surface area contributed by atoms with Crippen molar-refractivity contribution in [2.75, 3.05) is 0 Å². The zero-order chi connectivity index (χ0) is 26.5. The first kappa shape index (κ1) is 23.9. The lowest BCUT2D eigenvalue weighted by atomic mass is 9.97. The molecule has 8 rings (SSSR count). The van der Waals surface area contributed by atoms with Gasteiger partial charge < -0.3 is 0 Å². The highest BCUT2D eigenvalue weighted by atomic mass is 32.2. The van der Waals surface area contributed by atoms with Gasteiger partial charge >= 0.3 is 0 Å². The van der Waals surface area contributed by atoms with Crippen molar-refractivity contribution < 1.29 is 0 Å². The summed E-state index contributed by atoms with van der Waals surface area (Å²) in [5, 5.41) is 0.973. The third-order valence-electron chi connectivity index (χ3n) is 8.07. The largest absolute Gasteiger partial charge is 0.116 e. The van der Waals surface area contributed by atoms with Gasteiger partial charge in [-0.1, -0.05) is 133 Å². The molecule has 2 aliphatic rings. The van der Waals surface area contributed by atoms with Crippen LogP contribution in [0, 0.1) is 0 Å². The minimum Gasteiger partial charge on any atom is -0.116 e. The third kappa shape index (κ3) is 4.20. The fourth-order valence-electron chi connectivity index (χ4n) is 5.92. The standard InChI is InChI=1S/C38H26S2/c1-3-7-25(8-4-1)27-11-15-29(16-12-27)31-19-21-33-35(23-31)39-38-34-22-20-32(24-36(34)40-37(33)38)30-17-13-28(14-18-30)26-9-5-2-6-10-26/h1-24,37-38H. The van der Waals surface area contributed by atoms with Gasteiger partial charge in [-0.2, -0.15) is 0 Å². The van der Waals surface area contributed by atoms with E-state index in [1.165, 1.54) is 65.4 Å². The minimum atomic E-state index is 0.486. The summed E-state index contributed by atoms with van der Waals surface area (Å²) in [6, 6.07) is 53.3. The van der Waals surface area contributed by atoms with Gasteiger partial charge in [0.05, 0.1) is 10.5 Å². The van der Waals surface area contributed by atoms with E-state index in [0.717, 1.165) is 0 Å². The summed E-state index contributed by atoms with van der Waals surface area (Å²) in [5.74, 6) is 0. The maximum Gasteiger partial charge on any atom is 0.0519 e. The molecule has 6 aromatic carbocycles. The number of benzene rings is 6. The van der Waals surface area contributed by atoms with E-state index in [0.29, 0.717) is 10.5 Å². The Bertz CT molecular complexity index is 1680. The van der Waals surface area contributed by atoms with Crippen molar-refractivity contribution in [3.63, 3.8) is 0 Å². The first-order chi connectivity index (χ1) is 19.8. The van der Waals surface area contributed by atoms with Crippen LogP contribution >= 0.6 is 23.5 Å². The monoisotopic (exact) mass is 546 g/mol. The van der Waals surface area contributed by atoms with Crippen LogP contribution in [0.2, 0.25) is 0 Å². The SMILES string of the molecule is c1ccc(-c2ccc(-c3ccc4c(c3)SC3c5ccc(-c6ccc(-c7ccccc7)cc6)cc5SC43)cc2)cc1. The molecule has 2 aliphatic heterocycles. The number of thioether (sulfide) groups is 2. The Hall–Kier alpha value is -3.98. The van der Waals surface area contributed by atoms with Crippen LogP contribution in [0.25, 0.3) is 44.5 Å². The Kier molecular flexibility index (Phi) is 5.90. The lowest BCUT2D eigenvalue weighted by Crippen LogP contribution is -1.91. The van der Waals surface area contributed by atoms with E-state index in [9.17, 15) is 0 Å². The molecule has 6 aromatic rings. The van der Waals surface area contributed by atoms with Gasteiger partial charge in [-0.15, -0.1) is 23.5 Å². The topological polar surface area (TPSA) is 0 Å². The van der Waals surface area contributed by atoms with Crippen LogP contribution in [0.3, 0.4) is 0 Å². The molecule has 0 aromatic heterocycles. The van der Waals surface area contributed by atoms with Gasteiger partial charge in [0.15, 0.2) is 0 Å². The Labute approximate surface area is 244 Å². The minimum absolute atomic E-state index is 0.486. The predicted octanol–water partition coefficient (Wildman–Crippen LogP) is 11.3. The van der Waals surface area contributed by atoms with Gasteiger partial charge in [0.25, 0.3) is 0 Å². The van der Waals surface area contributed by atoms with E-state index in [4.69, 9.17) is 0 Å². The maximum absolute atomic E-state index is 2.40. The second-order valence-corrected chi connectivity index (χ2v) is 12.8. The molecule has 0 spiro atoms. The summed E-state index contributed by atoms with van der Waals surface area (Å²) in [5.41, 5.74) is 13.1. The van der Waals surface area contributed by atoms with Gasteiger partial charge in [0, 0.05) is 9.79 Å². The summed E-state index contributed by atoms with van der Waals surface area (Å²) >= 11 is 4.08. The molecule has 40 heavy (non-hydrogen) atoms. The van der Waals surface area contributed by atoms with Crippen LogP contribution in [-0.2, 0) is 0 Å². The Morgan fingerprint density at radius 1 is 0.300 bits per heavy atom. The molecule has 0 radical (unpaired) electrons. The molecule has 0 saturated carbocycles. The lowest BCUT2D eigenvalue weighted by Gasteiger charge is -2.10. The second-order valence-electron chi connectivity index (χ2n) is 10.5. The molecule has 0 fully saturated rings. The highest BCUT2D eigenvalue weighted by Crippen LogP contribution is 2.66. The maximum atomic E-state index is 2.40. The van der Waals surface area contributed by atoms with Crippen molar-refractivity contribution >= 4 is 23.5 Å². The summed E-state index contributed by atoms with van der Waals surface area (Å²) < 4.78 is 0. The number of rotatable bonds is 4. The second kappa shape index (κ2) is 9.89. The zero-order valence-electron chi connectivity index (χ0n) is 21.8. The molecule has 0 saturated heterocycles. The Morgan fingerprint density at radius 2 is 0.600 bits per heavy atom. The fourth-order valence-corrected chi connectivity index (χ4v) is 9.21. The van der Waals surface area contributed by atoms with Crippen LogP contribution in [0.4, 0.5) is 0 Å². The highest BCUT2D eigenvalue weighted by Gasteiger charge is 2.41. The number of hydrogen-bond acceptors (Lipinski definition) is 2. The summed E-state index contributed by atoms with van der Waals surface area (Å²) in [4.78, 5) is 2.86. The molecule has 2 atom stereocenters. The number of fused-ring (bicyclic) bond motifs is 5. The zero-order valence-corrected chi connectivity index (χ0v) is 23.5. The van der Waals surface area contributed by atoms with Crippen LogP contribution in [0.1, 0.15) is 21.6 Å². The molecule has 2 heterocycles. The van der Waals surface area contributed by atoms with E-state index in [1.807, 2.05) is 23.5 Å². The van der Waals surface area contributed by atoms with E-state index >= 15 is 0 Å². The average Bonchev–Trinajstić information content (AvgIpc) is 3.57. The van der Waals surface area contributed by atoms with Crippen molar-refractivity contribution in [3.8, 4) is 44.5 Å². The smallest absolute Gasteiger partial charge is 0.0519 e. The molecule has 2 heteroatoms. The van der Waals surface area contributed by atoms with Crippen LogP contribution in [0.15, 0.2) is 155 Å². The molecule has 0 amide bonds. The van der Waals surface area contributed by atoms with Crippen molar-refractivity contribution in [1.29, 1.82) is 0 Å². The Balaban J connectivity index is 1.02. The average molecular weight is 547 g/mol. The predicted molar refractivity (Wildman–Crippen MR) is 172 cm³/mol. The normalized spacial score (nSPS) is 16.8. The van der Waals surface area contributed by atoms with Crippen molar-refractivity contribution in [2.24, 2.45) is 0 Å². The molecule has 0 aliphatic carbocycles. The van der Waals surface area contributed by atoms with E-state index in [-0.39, 0.29) is 0 Å². The lowest BCUT2D eigenvalue weighted by molar-refractivity contribution is 0.939. The quantitative estimate of drug-likeness (QED) is 0.216. The van der Waals surface area contributed by atoms with Crippen LogP contribution < -0.4 is 0 Å². The summed E-state index contributed by atoms with van der Waals surface area (Å²) in [6.07, 6.45) is 0.